The number of carbonyl (C=O) groups is 1. The van der Waals surface area contributed by atoms with Gasteiger partial charge in [-0.15, -0.1) is 0 Å². The molecule has 0 N–H and O–H groups in total. The number of nitrogens with zero attached hydrogens (tertiary/aromatic N) is 2. The molecule has 4 heteroatoms. The molecule has 1 unspecified atom stereocenters. The summed E-state index contributed by atoms with van der Waals surface area (Å²) in [7, 11) is 0. The van der Waals surface area contributed by atoms with E-state index in [-0.39, 0.29) is 5.97 Å². The molecule has 2 aromatic heterocycles. The number of rotatable bonds is 12. The Bertz CT molecular complexity index is 1690. The molecule has 3 aromatic carbocycles. The van der Waals surface area contributed by atoms with E-state index in [2.05, 4.69) is 90.7 Å². The monoisotopic (exact) mass is 546 g/mol. The largest absolute Gasteiger partial charge is 0.440 e. The van der Waals surface area contributed by atoms with E-state index in [1.165, 1.54) is 48.8 Å². The molecule has 1 atom stereocenters. The third-order valence-corrected chi connectivity index (χ3v) is 9.01. The van der Waals surface area contributed by atoms with E-state index < -0.39 is 5.60 Å². The molecule has 5 aromatic rings. The molecule has 6 rings (SSSR count). The summed E-state index contributed by atoms with van der Waals surface area (Å²) in [6.45, 7) is 8.61. The van der Waals surface area contributed by atoms with E-state index in [0.717, 1.165) is 59.8 Å². The summed E-state index contributed by atoms with van der Waals surface area (Å²) in [5.41, 5.74) is 6.28. The average molecular weight is 547 g/mol. The van der Waals surface area contributed by atoms with Gasteiger partial charge < -0.3 is 13.9 Å². The predicted molar refractivity (Wildman–Crippen MR) is 169 cm³/mol. The van der Waals surface area contributed by atoms with Gasteiger partial charge in [-0.05, 0) is 38.0 Å². The van der Waals surface area contributed by atoms with Crippen LogP contribution >= 0.6 is 0 Å². The van der Waals surface area contributed by atoms with Gasteiger partial charge in [0.1, 0.15) is 0 Å². The molecule has 0 saturated heterocycles. The zero-order chi connectivity index (χ0) is 28.4. The Hall–Kier alpha value is -3.79. The first-order chi connectivity index (χ1) is 20.1. The van der Waals surface area contributed by atoms with E-state index in [0.29, 0.717) is 5.56 Å². The molecule has 3 heterocycles. The number of para-hydroxylation sites is 2. The molecule has 0 fully saturated rings. The lowest BCUT2D eigenvalue weighted by atomic mass is 9.78. The van der Waals surface area contributed by atoms with Crippen molar-refractivity contribution in [3.8, 4) is 0 Å². The second-order valence-corrected chi connectivity index (χ2v) is 11.6. The predicted octanol–water partition coefficient (Wildman–Crippen LogP) is 9.53. The van der Waals surface area contributed by atoms with Crippen LogP contribution in [0.5, 0.6) is 0 Å². The number of fused-ring (bicyclic) bond motifs is 3. The van der Waals surface area contributed by atoms with Crippen LogP contribution in [0.15, 0.2) is 79.0 Å². The maximum absolute atomic E-state index is 13.7. The van der Waals surface area contributed by atoms with Crippen LogP contribution in [0.1, 0.15) is 98.0 Å². The third-order valence-electron chi connectivity index (χ3n) is 9.01. The number of carbonyl (C=O) groups excluding carboxylic acids is 1. The second-order valence-electron chi connectivity index (χ2n) is 11.6. The summed E-state index contributed by atoms with van der Waals surface area (Å²) in [6, 6.07) is 25.3. The summed E-state index contributed by atoms with van der Waals surface area (Å²) in [5, 5.41) is 2.30. The highest BCUT2D eigenvalue weighted by molar-refractivity contribution is 6.00. The highest BCUT2D eigenvalue weighted by atomic mass is 16.6. The smallest absolute Gasteiger partial charge is 0.340 e. The van der Waals surface area contributed by atoms with Gasteiger partial charge in [-0.1, -0.05) is 107 Å². The standard InChI is InChI=1S/C37H42N2O2/c1-4-6-8-9-10-17-25-39-27(3)35(30-20-13-16-23-34(30)39)37(31-21-14-11-19-29(31)36(40)41-37)32-26-38(24-7-5-2)33-22-15-12-18-28(32)33/h11-16,18-23,26H,4-10,17,24-25H2,1-3H3. The van der Waals surface area contributed by atoms with Gasteiger partial charge >= 0.3 is 5.97 Å². The first kappa shape index (κ1) is 27.4. The van der Waals surface area contributed by atoms with Gasteiger partial charge in [0.05, 0.1) is 5.56 Å². The minimum absolute atomic E-state index is 0.252. The Morgan fingerprint density at radius 2 is 1.34 bits per heavy atom. The number of hydrogen-bond acceptors (Lipinski definition) is 2. The van der Waals surface area contributed by atoms with Gasteiger partial charge in [-0.3, -0.25) is 0 Å². The lowest BCUT2D eigenvalue weighted by molar-refractivity contribution is 0.0257. The summed E-state index contributed by atoms with van der Waals surface area (Å²) in [4.78, 5) is 13.7. The van der Waals surface area contributed by atoms with Crippen molar-refractivity contribution < 1.29 is 9.53 Å². The number of benzene rings is 3. The number of esters is 1. The third kappa shape index (κ3) is 4.58. The number of aromatic nitrogens is 2. The summed E-state index contributed by atoms with van der Waals surface area (Å²) < 4.78 is 11.6. The molecule has 0 bridgehead atoms. The fourth-order valence-electron chi connectivity index (χ4n) is 6.99. The van der Waals surface area contributed by atoms with Crippen LogP contribution in [-0.4, -0.2) is 15.1 Å². The van der Waals surface area contributed by atoms with Gasteiger partial charge in [0.25, 0.3) is 0 Å². The fraction of sp³-hybridized carbons (Fsp3) is 0.378. The molecule has 0 saturated carbocycles. The van der Waals surface area contributed by atoms with Crippen molar-refractivity contribution in [1.29, 1.82) is 0 Å². The zero-order valence-corrected chi connectivity index (χ0v) is 24.8. The maximum atomic E-state index is 13.7. The second kappa shape index (κ2) is 11.6. The van der Waals surface area contributed by atoms with Gasteiger partial charge in [-0.2, -0.15) is 0 Å². The van der Waals surface area contributed by atoms with Crippen LogP contribution in [0, 0.1) is 6.92 Å². The Kier molecular flexibility index (Phi) is 7.75. The first-order valence-corrected chi connectivity index (χ1v) is 15.6. The van der Waals surface area contributed by atoms with Crippen LogP contribution in [0.25, 0.3) is 21.8 Å². The minimum atomic E-state index is -1.03. The van der Waals surface area contributed by atoms with Crippen LogP contribution < -0.4 is 0 Å². The van der Waals surface area contributed by atoms with Crippen molar-refractivity contribution in [2.75, 3.05) is 0 Å². The molecule has 0 spiro atoms. The van der Waals surface area contributed by atoms with Crippen molar-refractivity contribution in [1.82, 2.24) is 9.13 Å². The number of ether oxygens (including phenoxy) is 1. The maximum Gasteiger partial charge on any atom is 0.340 e. The molecular formula is C37H42N2O2. The molecule has 41 heavy (non-hydrogen) atoms. The van der Waals surface area contributed by atoms with Crippen molar-refractivity contribution in [3.63, 3.8) is 0 Å². The SMILES string of the molecule is CCCCCCCCn1c(C)c(C2(c3cn(CCCC)c4ccccc34)OC(=O)c3ccccc32)c2ccccc21. The average Bonchev–Trinajstić information content (AvgIpc) is 3.62. The van der Waals surface area contributed by atoms with E-state index in [1.54, 1.807) is 0 Å². The highest BCUT2D eigenvalue weighted by Gasteiger charge is 2.52. The Morgan fingerprint density at radius 1 is 0.683 bits per heavy atom. The van der Waals surface area contributed by atoms with Crippen LogP contribution in [0.4, 0.5) is 0 Å². The normalized spacial score (nSPS) is 16.5. The zero-order valence-electron chi connectivity index (χ0n) is 24.8. The van der Waals surface area contributed by atoms with Crippen molar-refractivity contribution in [2.45, 2.75) is 90.8 Å². The van der Waals surface area contributed by atoms with E-state index in [9.17, 15) is 4.79 Å². The van der Waals surface area contributed by atoms with Crippen molar-refractivity contribution >= 4 is 27.8 Å². The van der Waals surface area contributed by atoms with E-state index >= 15 is 0 Å². The van der Waals surface area contributed by atoms with Crippen molar-refractivity contribution in [2.24, 2.45) is 0 Å². The van der Waals surface area contributed by atoms with Gasteiger partial charge in [0.2, 0.25) is 0 Å². The first-order valence-electron chi connectivity index (χ1n) is 15.6. The molecule has 1 aliphatic rings. The van der Waals surface area contributed by atoms with Gasteiger partial charge in [0.15, 0.2) is 5.60 Å². The molecule has 212 valence electrons. The highest BCUT2D eigenvalue weighted by Crippen LogP contribution is 2.52. The quantitative estimate of drug-likeness (QED) is 0.115. The molecule has 0 aliphatic carbocycles. The lowest BCUT2D eigenvalue weighted by Gasteiger charge is -2.30. The number of hydrogen-bond donors (Lipinski definition) is 0. The Labute approximate surface area is 243 Å². The fourth-order valence-corrected chi connectivity index (χ4v) is 6.99. The molecule has 1 aliphatic heterocycles. The van der Waals surface area contributed by atoms with Crippen LogP contribution in [0.2, 0.25) is 0 Å². The van der Waals surface area contributed by atoms with E-state index in [1.807, 2.05) is 18.2 Å². The molecule has 0 radical (unpaired) electrons. The topological polar surface area (TPSA) is 36.2 Å². The van der Waals surface area contributed by atoms with Gasteiger partial charge in [-0.25, -0.2) is 4.79 Å². The Balaban J connectivity index is 1.58. The minimum Gasteiger partial charge on any atom is -0.440 e. The lowest BCUT2D eigenvalue weighted by Crippen LogP contribution is -2.30. The summed E-state index contributed by atoms with van der Waals surface area (Å²) in [5.74, 6) is -0.252. The van der Waals surface area contributed by atoms with Crippen LogP contribution in [0.3, 0.4) is 0 Å². The molecule has 4 nitrogen and oxygen atoms in total. The summed E-state index contributed by atoms with van der Waals surface area (Å²) >= 11 is 0. The number of cyclic esters (lactones) is 1. The van der Waals surface area contributed by atoms with Crippen molar-refractivity contribution in [3.05, 3.63) is 107 Å². The van der Waals surface area contributed by atoms with E-state index in [4.69, 9.17) is 4.74 Å². The molecular weight excluding hydrogens is 504 g/mol. The number of unbranched alkanes of at least 4 members (excludes halogenated alkanes) is 6. The Morgan fingerprint density at radius 3 is 2.15 bits per heavy atom. The number of aryl methyl sites for hydroxylation is 2. The summed E-state index contributed by atoms with van der Waals surface area (Å²) in [6.07, 6.45) is 12.0. The van der Waals surface area contributed by atoms with Crippen LogP contribution in [-0.2, 0) is 23.4 Å². The van der Waals surface area contributed by atoms with Gasteiger partial charge in [0, 0.05) is 63.5 Å². The molecule has 0 amide bonds.